The number of rotatable bonds is 6. The number of hydrogen-bond donors (Lipinski definition) is 4. The van der Waals surface area contributed by atoms with E-state index in [0.29, 0.717) is 43.5 Å². The van der Waals surface area contributed by atoms with Crippen molar-refractivity contribution in [3.63, 3.8) is 0 Å². The Labute approximate surface area is 203 Å². The van der Waals surface area contributed by atoms with Crippen LogP contribution in [0.3, 0.4) is 0 Å². The van der Waals surface area contributed by atoms with Gasteiger partial charge in [0.05, 0.1) is 42.3 Å². The van der Waals surface area contributed by atoms with Crippen molar-refractivity contribution in [2.24, 2.45) is 11.7 Å². The van der Waals surface area contributed by atoms with Crippen molar-refractivity contribution in [3.05, 3.63) is 35.0 Å². The average molecular weight is 508 g/mol. The number of imidazole rings is 1. The molecule has 2 fully saturated rings. The van der Waals surface area contributed by atoms with Gasteiger partial charge in [0.2, 0.25) is 17.8 Å². The van der Waals surface area contributed by atoms with Crippen LogP contribution in [0.15, 0.2) is 18.3 Å². The first kappa shape index (κ1) is 23.6. The van der Waals surface area contributed by atoms with E-state index in [9.17, 15) is 18.7 Å². The fraction of sp³-hybridized carbons (Fsp3) is 0.455. The molecule has 1 aliphatic carbocycles. The molecule has 2 atom stereocenters. The van der Waals surface area contributed by atoms with Crippen LogP contribution in [0.25, 0.3) is 11.2 Å². The van der Waals surface area contributed by atoms with Gasteiger partial charge in [0, 0.05) is 18.0 Å². The second-order valence-electron chi connectivity index (χ2n) is 8.84. The highest BCUT2D eigenvalue weighted by Crippen LogP contribution is 2.37. The number of nitrogens with one attached hydrogen (secondary N) is 2. The van der Waals surface area contributed by atoms with Gasteiger partial charge in [0.15, 0.2) is 5.65 Å². The van der Waals surface area contributed by atoms with Crippen molar-refractivity contribution in [2.75, 3.05) is 23.8 Å². The van der Waals surface area contributed by atoms with Crippen molar-refractivity contribution in [2.45, 2.75) is 43.9 Å². The van der Waals surface area contributed by atoms with Crippen LogP contribution in [0.1, 0.15) is 31.7 Å². The van der Waals surface area contributed by atoms with E-state index < -0.39 is 17.7 Å². The molecule has 5 rings (SSSR count). The summed E-state index contributed by atoms with van der Waals surface area (Å²) in [5.74, 6) is -1.54. The van der Waals surface area contributed by atoms with E-state index in [1.54, 1.807) is 0 Å². The highest BCUT2D eigenvalue weighted by atomic mass is 35.5. The minimum absolute atomic E-state index is 0.124. The summed E-state index contributed by atoms with van der Waals surface area (Å²) >= 11 is 5.69. The van der Waals surface area contributed by atoms with Crippen LogP contribution in [0.4, 0.5) is 26.4 Å². The van der Waals surface area contributed by atoms with Gasteiger partial charge in [0.1, 0.15) is 17.2 Å². The third-order valence-corrected chi connectivity index (χ3v) is 6.81. The molecule has 1 amide bonds. The number of nitrogens with zero attached hydrogens (tertiary/aromatic N) is 4. The number of amides is 1. The van der Waals surface area contributed by atoms with Crippen LogP contribution >= 0.6 is 11.6 Å². The molecule has 1 saturated heterocycles. The summed E-state index contributed by atoms with van der Waals surface area (Å²) in [5, 5.41) is 15.7. The second kappa shape index (κ2) is 9.51. The Balaban J connectivity index is 1.53. The number of benzene rings is 1. The Morgan fingerprint density at radius 1 is 1.17 bits per heavy atom. The molecule has 186 valence electrons. The average Bonchev–Trinajstić information content (AvgIpc) is 3.40. The van der Waals surface area contributed by atoms with Crippen molar-refractivity contribution in [1.82, 2.24) is 19.5 Å². The zero-order valence-corrected chi connectivity index (χ0v) is 19.3. The molecule has 10 nitrogen and oxygen atoms in total. The van der Waals surface area contributed by atoms with Gasteiger partial charge in [-0.1, -0.05) is 11.6 Å². The molecule has 3 aromatic rings. The number of fused-ring (bicyclic) bond motifs is 1. The minimum Gasteiger partial charge on any atom is -0.388 e. The topological polar surface area (TPSA) is 140 Å². The number of aromatic nitrogens is 4. The second-order valence-corrected chi connectivity index (χ2v) is 9.25. The van der Waals surface area contributed by atoms with Gasteiger partial charge in [-0.3, -0.25) is 9.36 Å². The summed E-state index contributed by atoms with van der Waals surface area (Å²) in [6, 6.07) is 1.37. The van der Waals surface area contributed by atoms with Crippen molar-refractivity contribution in [3.8, 4) is 0 Å². The van der Waals surface area contributed by atoms with Crippen LogP contribution < -0.4 is 16.4 Å². The number of carbonyl (C=O) groups is 1. The van der Waals surface area contributed by atoms with Gasteiger partial charge < -0.3 is 26.2 Å². The van der Waals surface area contributed by atoms with Crippen LogP contribution in [0.2, 0.25) is 5.02 Å². The molecule has 0 spiro atoms. The third kappa shape index (κ3) is 4.73. The Bertz CT molecular complexity index is 1270. The van der Waals surface area contributed by atoms with Crippen LogP contribution in [0, 0.1) is 17.6 Å². The van der Waals surface area contributed by atoms with Crippen molar-refractivity contribution < 1.29 is 23.4 Å². The third-order valence-electron chi connectivity index (χ3n) is 6.52. The summed E-state index contributed by atoms with van der Waals surface area (Å²) in [5.41, 5.74) is 6.26. The van der Waals surface area contributed by atoms with Gasteiger partial charge in [-0.25, -0.2) is 18.7 Å². The molecule has 2 aromatic heterocycles. The van der Waals surface area contributed by atoms with Gasteiger partial charge in [-0.2, -0.15) is 4.98 Å². The molecule has 1 aliphatic heterocycles. The Morgan fingerprint density at radius 3 is 2.63 bits per heavy atom. The maximum absolute atomic E-state index is 14.5. The summed E-state index contributed by atoms with van der Waals surface area (Å²) in [6.45, 7) is 0.533. The van der Waals surface area contributed by atoms with Crippen LogP contribution in [-0.4, -0.2) is 55.9 Å². The molecule has 13 heteroatoms. The summed E-state index contributed by atoms with van der Waals surface area (Å²) < 4.78 is 35.7. The summed E-state index contributed by atoms with van der Waals surface area (Å²) in [4.78, 5) is 25.1. The standard InChI is InChI=1S/C22H24ClF2N7O3/c23-12-5-14(25)15(6-13(12)24)29-22-30-16-7-27-21(28-17-8-35-9-18(17)33)31-20(16)32(22)11-3-1-10(2-4-11)19(26)34/h5-7,10-11,17-18,33H,1-4,8-9H2,(H2,26,34)(H,29,30)(H,27,28,31)/t10-,11-,17-,18-/m1/s1. The number of aliphatic hydroxyl groups is 1. The van der Waals surface area contributed by atoms with E-state index >= 15 is 0 Å². The zero-order chi connectivity index (χ0) is 24.7. The largest absolute Gasteiger partial charge is 0.388 e. The number of primary amides is 1. The lowest BCUT2D eigenvalue weighted by molar-refractivity contribution is -0.122. The first-order valence-electron chi connectivity index (χ1n) is 11.3. The van der Waals surface area contributed by atoms with Crippen LogP contribution in [-0.2, 0) is 9.53 Å². The van der Waals surface area contributed by atoms with Crippen LogP contribution in [0.5, 0.6) is 0 Å². The molecular formula is C22H24ClF2N7O3. The Morgan fingerprint density at radius 2 is 1.94 bits per heavy atom. The van der Waals surface area contributed by atoms with E-state index in [2.05, 4.69) is 25.6 Å². The van der Waals surface area contributed by atoms with Gasteiger partial charge in [-0.15, -0.1) is 0 Å². The Hall–Kier alpha value is -3.09. The number of carbonyl (C=O) groups excluding carboxylic acids is 1. The summed E-state index contributed by atoms with van der Waals surface area (Å²) in [6.07, 6.45) is 3.24. The predicted octanol–water partition coefficient (Wildman–Crippen LogP) is 2.89. The van der Waals surface area contributed by atoms with E-state index in [-0.39, 0.29) is 53.1 Å². The van der Waals surface area contributed by atoms with Crippen molar-refractivity contribution >= 4 is 46.3 Å². The molecule has 0 bridgehead atoms. The first-order valence-corrected chi connectivity index (χ1v) is 11.7. The van der Waals surface area contributed by atoms with E-state index in [0.717, 1.165) is 12.1 Å². The van der Waals surface area contributed by atoms with Gasteiger partial charge >= 0.3 is 0 Å². The maximum atomic E-state index is 14.5. The smallest absolute Gasteiger partial charge is 0.225 e. The molecule has 3 heterocycles. The molecular weight excluding hydrogens is 484 g/mol. The molecule has 1 saturated carbocycles. The number of nitrogens with two attached hydrogens (primary N) is 1. The molecule has 0 unspecified atom stereocenters. The van der Waals surface area contributed by atoms with Gasteiger partial charge in [0.25, 0.3) is 0 Å². The number of ether oxygens (including phenoxy) is 1. The van der Waals surface area contributed by atoms with Crippen molar-refractivity contribution in [1.29, 1.82) is 0 Å². The lowest BCUT2D eigenvalue weighted by atomic mass is 9.85. The Kier molecular flexibility index (Phi) is 6.43. The fourth-order valence-electron chi connectivity index (χ4n) is 4.60. The molecule has 35 heavy (non-hydrogen) atoms. The van der Waals surface area contributed by atoms with Gasteiger partial charge in [-0.05, 0) is 31.7 Å². The monoisotopic (exact) mass is 507 g/mol. The minimum atomic E-state index is -0.774. The predicted molar refractivity (Wildman–Crippen MR) is 124 cm³/mol. The van der Waals surface area contributed by atoms with E-state index in [4.69, 9.17) is 22.1 Å². The first-order chi connectivity index (χ1) is 16.8. The van der Waals surface area contributed by atoms with E-state index in [1.165, 1.54) is 6.20 Å². The molecule has 2 aliphatic rings. The normalized spacial score (nSPS) is 24.6. The van der Waals surface area contributed by atoms with E-state index in [1.807, 2.05) is 4.57 Å². The SMILES string of the molecule is NC(=O)[C@H]1CC[C@H](n2c(Nc3cc(F)c(Cl)cc3F)nc3cnc(N[C@@H]4COC[C@H]4O)nc32)CC1. The number of halogens is 3. The molecule has 5 N–H and O–H groups in total. The fourth-order valence-corrected chi connectivity index (χ4v) is 4.75. The highest BCUT2D eigenvalue weighted by molar-refractivity contribution is 6.30. The lowest BCUT2D eigenvalue weighted by Crippen LogP contribution is -2.32. The lowest BCUT2D eigenvalue weighted by Gasteiger charge is -2.29. The number of hydrogen-bond acceptors (Lipinski definition) is 8. The highest BCUT2D eigenvalue weighted by Gasteiger charge is 2.30. The number of aliphatic hydroxyl groups excluding tert-OH is 1. The summed E-state index contributed by atoms with van der Waals surface area (Å²) in [7, 11) is 0. The zero-order valence-electron chi connectivity index (χ0n) is 18.5. The quantitative estimate of drug-likeness (QED) is 0.373. The number of anilines is 3. The molecule has 1 aromatic carbocycles. The maximum Gasteiger partial charge on any atom is 0.225 e. The molecule has 0 radical (unpaired) electrons.